The minimum atomic E-state index is -3.64. The van der Waals surface area contributed by atoms with Crippen LogP contribution in [0.1, 0.15) is 17.3 Å². The van der Waals surface area contributed by atoms with Crippen molar-refractivity contribution in [1.29, 1.82) is 0 Å². The summed E-state index contributed by atoms with van der Waals surface area (Å²) in [6.07, 6.45) is 0. The van der Waals surface area contributed by atoms with E-state index >= 15 is 0 Å². The smallest absolute Gasteiger partial charge is 0.216 e. The third kappa shape index (κ3) is 2.51. The zero-order chi connectivity index (χ0) is 17.6. The summed E-state index contributed by atoms with van der Waals surface area (Å²) in [6, 6.07) is 22.0. The fourth-order valence-corrected chi connectivity index (χ4v) is 7.72. The number of ketones is 1. The van der Waals surface area contributed by atoms with Gasteiger partial charge in [0, 0.05) is 5.56 Å². The van der Waals surface area contributed by atoms with Crippen LogP contribution in [0.3, 0.4) is 0 Å². The van der Waals surface area contributed by atoms with Gasteiger partial charge in [0.15, 0.2) is 20.5 Å². The first-order valence-electron chi connectivity index (χ1n) is 7.78. The monoisotopic (exact) mass is 367 g/mol. The molecule has 0 amide bonds. The lowest BCUT2D eigenvalue weighted by Crippen LogP contribution is -2.20. The highest BCUT2D eigenvalue weighted by molar-refractivity contribution is 8.00. The maximum absolute atomic E-state index is 13.1. The van der Waals surface area contributed by atoms with Gasteiger partial charge in [0.05, 0.1) is 0 Å². The normalized spacial score (nSPS) is 17.4. The Labute approximate surface area is 149 Å². The Balaban J connectivity index is 2.08. The molecule has 1 atom stereocenters. The molecule has 0 saturated heterocycles. The van der Waals surface area contributed by atoms with Gasteiger partial charge in [-0.15, -0.1) is 0 Å². The van der Waals surface area contributed by atoms with Crippen LogP contribution >= 0.6 is 0 Å². The van der Waals surface area contributed by atoms with Crippen molar-refractivity contribution in [3.8, 4) is 0 Å². The number of hydrogen-bond acceptors (Lipinski definition) is 3. The van der Waals surface area contributed by atoms with Crippen LogP contribution in [0.5, 0.6) is 0 Å². The van der Waals surface area contributed by atoms with Crippen molar-refractivity contribution in [3.05, 3.63) is 78.4 Å². The first-order valence-corrected chi connectivity index (χ1v) is 10.5. The molecule has 1 heterocycles. The lowest BCUT2D eigenvalue weighted by atomic mass is 10.1. The van der Waals surface area contributed by atoms with Gasteiger partial charge in [-0.25, -0.2) is 8.42 Å². The maximum atomic E-state index is 13.1. The summed E-state index contributed by atoms with van der Waals surface area (Å²) in [5.41, 5.74) is 0.415. The van der Waals surface area contributed by atoms with E-state index in [1.165, 1.54) is 13.0 Å². The third-order valence-electron chi connectivity index (χ3n) is 4.20. The van der Waals surface area contributed by atoms with Crippen LogP contribution in [0.4, 0.5) is 0 Å². The molecule has 25 heavy (non-hydrogen) atoms. The topological polar surface area (TPSA) is 51.2 Å². The number of benzene rings is 3. The molecular weight excluding hydrogens is 352 g/mol. The molecule has 0 bridgehead atoms. The van der Waals surface area contributed by atoms with E-state index in [4.69, 9.17) is 0 Å². The number of carbonyl (C=O) groups excluding carboxylic acids is 1. The van der Waals surface area contributed by atoms with Crippen molar-refractivity contribution < 1.29 is 13.2 Å². The molecule has 3 nitrogen and oxygen atoms in total. The van der Waals surface area contributed by atoms with Gasteiger partial charge in [0.25, 0.3) is 0 Å². The largest absolute Gasteiger partial charge is 0.295 e. The van der Waals surface area contributed by atoms with Gasteiger partial charge >= 0.3 is 0 Å². The third-order valence-corrected chi connectivity index (χ3v) is 8.64. The summed E-state index contributed by atoms with van der Waals surface area (Å²) in [7, 11) is -4.16. The van der Waals surface area contributed by atoms with Crippen molar-refractivity contribution >= 4 is 26.5 Å². The van der Waals surface area contributed by atoms with Crippen molar-refractivity contribution in [1.82, 2.24) is 0 Å². The van der Waals surface area contributed by atoms with Gasteiger partial charge in [0.1, 0.15) is 20.7 Å². The second-order valence-corrected chi connectivity index (χ2v) is 9.64. The van der Waals surface area contributed by atoms with E-state index in [1.54, 1.807) is 24.3 Å². The van der Waals surface area contributed by atoms with Crippen molar-refractivity contribution in [2.24, 2.45) is 0 Å². The zero-order valence-electron chi connectivity index (χ0n) is 13.5. The minimum Gasteiger partial charge on any atom is -0.295 e. The summed E-state index contributed by atoms with van der Waals surface area (Å²) >= 11 is 0. The molecule has 0 aromatic heterocycles. The predicted octanol–water partition coefficient (Wildman–Crippen LogP) is 4.13. The molecule has 5 heteroatoms. The van der Waals surface area contributed by atoms with Gasteiger partial charge < -0.3 is 0 Å². The van der Waals surface area contributed by atoms with Crippen LogP contribution in [0.25, 0.3) is 0 Å². The number of carbonyl (C=O) groups is 1. The first kappa shape index (κ1) is 16.1. The summed E-state index contributed by atoms with van der Waals surface area (Å²) in [5, 5.41) is 0. The number of hydrogen-bond donors (Lipinski definition) is 0. The lowest BCUT2D eigenvalue weighted by Gasteiger charge is -2.20. The van der Waals surface area contributed by atoms with Crippen molar-refractivity contribution in [2.75, 3.05) is 0 Å². The number of Topliss-reactive ketones (excluding diaryl/α,β-unsaturated/α-hetero) is 1. The highest BCUT2D eigenvalue weighted by Gasteiger charge is 2.45. The van der Waals surface area contributed by atoms with Crippen LogP contribution in [0.15, 0.2) is 97.3 Å². The molecule has 1 aliphatic rings. The van der Waals surface area contributed by atoms with Crippen molar-refractivity contribution in [2.45, 2.75) is 31.4 Å². The van der Waals surface area contributed by atoms with Crippen LogP contribution in [-0.4, -0.2) is 14.2 Å². The van der Waals surface area contributed by atoms with Gasteiger partial charge in [-0.05, 0) is 49.4 Å². The fraction of sp³-hybridized carbons (Fsp3) is 0.0500. The van der Waals surface area contributed by atoms with Crippen molar-refractivity contribution in [3.63, 3.8) is 0 Å². The molecule has 124 valence electrons. The van der Waals surface area contributed by atoms with Gasteiger partial charge in [-0.1, -0.05) is 30.3 Å². The van der Waals surface area contributed by atoms with E-state index in [9.17, 15) is 13.2 Å². The van der Waals surface area contributed by atoms with Gasteiger partial charge in [-0.2, -0.15) is 0 Å². The van der Waals surface area contributed by atoms with E-state index in [0.29, 0.717) is 10.5 Å². The quantitative estimate of drug-likeness (QED) is 0.395. The van der Waals surface area contributed by atoms with Gasteiger partial charge in [-0.3, -0.25) is 4.79 Å². The van der Waals surface area contributed by atoms with Gasteiger partial charge in [0.2, 0.25) is 9.84 Å². The fourth-order valence-electron chi connectivity index (χ4n) is 2.99. The van der Waals surface area contributed by atoms with Crippen LogP contribution in [0.2, 0.25) is 0 Å². The molecule has 0 fully saturated rings. The molecule has 0 saturated carbocycles. The van der Waals surface area contributed by atoms with E-state index in [2.05, 4.69) is 0 Å². The SMILES string of the molecule is CC(=O)c1ccc2c(c1)S(=O)(=O)c1ccccc1[S+]2c1ccccc1. The molecule has 0 N–H and O–H groups in total. The van der Waals surface area contributed by atoms with E-state index in [1.807, 2.05) is 42.5 Å². The average molecular weight is 367 g/mol. The Hall–Kier alpha value is -2.37. The molecule has 0 spiro atoms. The molecule has 1 unspecified atom stereocenters. The second kappa shape index (κ2) is 5.86. The molecule has 0 radical (unpaired) electrons. The first-order chi connectivity index (χ1) is 12.0. The summed E-state index contributed by atoms with van der Waals surface area (Å²) < 4.78 is 26.3. The Bertz CT molecular complexity index is 1090. The predicted molar refractivity (Wildman–Crippen MR) is 96.9 cm³/mol. The van der Waals surface area contributed by atoms with E-state index in [0.717, 1.165) is 14.7 Å². The standard InChI is InChI=1S/C20H15O3S2/c1-14(21)15-11-12-18-20(13-15)25(22,23)19-10-6-5-9-17(19)24(18)16-7-3-2-4-8-16/h2-13H,1H3/q+1. The molecule has 3 aromatic rings. The number of rotatable bonds is 2. The lowest BCUT2D eigenvalue weighted by molar-refractivity contribution is 0.101. The zero-order valence-corrected chi connectivity index (χ0v) is 15.1. The highest BCUT2D eigenvalue weighted by atomic mass is 32.2. The van der Waals surface area contributed by atoms with E-state index in [-0.39, 0.29) is 10.7 Å². The second-order valence-electron chi connectivity index (χ2n) is 5.79. The summed E-state index contributed by atoms with van der Waals surface area (Å²) in [5.74, 6) is -0.142. The van der Waals surface area contributed by atoms with Crippen LogP contribution in [-0.2, 0) is 20.7 Å². The minimum absolute atomic E-state index is 0.142. The Morgan fingerprint density at radius 1 is 0.800 bits per heavy atom. The molecule has 0 aliphatic carbocycles. The Kier molecular flexibility index (Phi) is 3.78. The highest BCUT2D eigenvalue weighted by Crippen LogP contribution is 2.44. The van der Waals surface area contributed by atoms with Crippen LogP contribution in [0, 0.1) is 0 Å². The maximum Gasteiger partial charge on any atom is 0.216 e. The molecule has 1 aliphatic heterocycles. The Morgan fingerprint density at radius 2 is 1.44 bits per heavy atom. The summed E-state index contributed by atoms with van der Waals surface area (Å²) in [4.78, 5) is 14.9. The molecule has 4 rings (SSSR count). The number of fused-ring (bicyclic) bond motifs is 2. The average Bonchev–Trinajstić information content (AvgIpc) is 2.62. The molecule has 3 aromatic carbocycles. The Morgan fingerprint density at radius 3 is 2.16 bits per heavy atom. The van der Waals surface area contributed by atoms with Crippen LogP contribution < -0.4 is 0 Å². The van der Waals surface area contributed by atoms with E-state index < -0.39 is 20.7 Å². The molecular formula is C20H15O3S2+. The summed E-state index contributed by atoms with van der Waals surface area (Å²) in [6.45, 7) is 1.45. The number of sulfone groups is 1.